The van der Waals surface area contributed by atoms with E-state index in [9.17, 15) is 0 Å². The van der Waals surface area contributed by atoms with Crippen LogP contribution in [0.1, 0.15) is 26.5 Å². The summed E-state index contributed by atoms with van der Waals surface area (Å²) in [6, 6.07) is 7.99. The van der Waals surface area contributed by atoms with E-state index in [1.807, 2.05) is 29.9 Å². The van der Waals surface area contributed by atoms with Gasteiger partial charge in [-0.3, -0.25) is 9.67 Å². The van der Waals surface area contributed by atoms with Gasteiger partial charge in [0.2, 0.25) is 0 Å². The molecule has 0 aliphatic rings. The largest absolute Gasteiger partial charge is 0.271 e. The Morgan fingerprint density at radius 1 is 1.12 bits per heavy atom. The molecular weight excluding hydrogens is 198 g/mol. The Kier molecular flexibility index (Phi) is 2.54. The van der Waals surface area contributed by atoms with Crippen molar-refractivity contribution in [2.24, 2.45) is 7.05 Å². The Morgan fingerprint density at radius 3 is 2.38 bits per heavy atom. The van der Waals surface area contributed by atoms with E-state index in [0.29, 0.717) is 0 Å². The van der Waals surface area contributed by atoms with E-state index < -0.39 is 0 Å². The fraction of sp³-hybridized carbons (Fsp3) is 0.385. The zero-order valence-corrected chi connectivity index (χ0v) is 10.2. The Morgan fingerprint density at radius 2 is 1.88 bits per heavy atom. The predicted molar refractivity (Wildman–Crippen MR) is 65.1 cm³/mol. The minimum absolute atomic E-state index is 0.106. The molecule has 2 aromatic heterocycles. The van der Waals surface area contributed by atoms with Gasteiger partial charge >= 0.3 is 0 Å². The monoisotopic (exact) mass is 215 g/mol. The SMILES string of the molecule is Cn1nc(-c2ccccn2)cc1C(C)(C)C. The Bertz CT molecular complexity index is 478. The summed E-state index contributed by atoms with van der Waals surface area (Å²) in [5, 5.41) is 4.50. The molecule has 3 heteroatoms. The first-order chi connectivity index (χ1) is 7.48. The summed E-state index contributed by atoms with van der Waals surface area (Å²) >= 11 is 0. The molecule has 0 amide bonds. The van der Waals surface area contributed by atoms with Gasteiger partial charge in [-0.1, -0.05) is 26.8 Å². The van der Waals surface area contributed by atoms with Gasteiger partial charge in [0.1, 0.15) is 5.69 Å². The van der Waals surface area contributed by atoms with Gasteiger partial charge in [-0.2, -0.15) is 5.10 Å². The quantitative estimate of drug-likeness (QED) is 0.732. The van der Waals surface area contributed by atoms with Crippen LogP contribution in [0.2, 0.25) is 0 Å². The zero-order valence-electron chi connectivity index (χ0n) is 10.2. The fourth-order valence-corrected chi connectivity index (χ4v) is 1.81. The lowest BCUT2D eigenvalue weighted by Crippen LogP contribution is -2.16. The van der Waals surface area contributed by atoms with Crippen molar-refractivity contribution in [1.82, 2.24) is 14.8 Å². The molecule has 0 atom stereocenters. The van der Waals surface area contributed by atoms with Gasteiger partial charge < -0.3 is 0 Å². The van der Waals surface area contributed by atoms with Crippen molar-refractivity contribution in [2.75, 3.05) is 0 Å². The Labute approximate surface area is 96.1 Å². The second-order valence-corrected chi connectivity index (χ2v) is 5.00. The number of nitrogens with zero attached hydrogens (tertiary/aromatic N) is 3. The lowest BCUT2D eigenvalue weighted by Gasteiger charge is -2.17. The summed E-state index contributed by atoms with van der Waals surface area (Å²) in [4.78, 5) is 4.31. The Hall–Kier alpha value is -1.64. The molecule has 0 bridgehead atoms. The number of aromatic nitrogens is 3. The molecule has 0 radical (unpaired) electrons. The number of hydrogen-bond acceptors (Lipinski definition) is 2. The second kappa shape index (κ2) is 3.74. The van der Waals surface area contributed by atoms with Crippen LogP contribution in [0.25, 0.3) is 11.4 Å². The highest BCUT2D eigenvalue weighted by Crippen LogP contribution is 2.25. The van der Waals surface area contributed by atoms with Crippen LogP contribution in [0.3, 0.4) is 0 Å². The van der Waals surface area contributed by atoms with Crippen LogP contribution in [0.15, 0.2) is 30.5 Å². The van der Waals surface area contributed by atoms with Gasteiger partial charge in [0.25, 0.3) is 0 Å². The number of rotatable bonds is 1. The van der Waals surface area contributed by atoms with E-state index >= 15 is 0 Å². The van der Waals surface area contributed by atoms with Gasteiger partial charge in [0, 0.05) is 24.4 Å². The molecule has 2 aromatic rings. The first-order valence-corrected chi connectivity index (χ1v) is 5.44. The predicted octanol–water partition coefficient (Wildman–Crippen LogP) is 2.78. The molecule has 0 saturated carbocycles. The van der Waals surface area contributed by atoms with Gasteiger partial charge in [0.15, 0.2) is 0 Å². The van der Waals surface area contributed by atoms with Crippen LogP contribution in [0, 0.1) is 0 Å². The summed E-state index contributed by atoms with van der Waals surface area (Å²) in [5.74, 6) is 0. The molecule has 84 valence electrons. The van der Waals surface area contributed by atoms with Crippen LogP contribution in [-0.4, -0.2) is 14.8 Å². The number of pyridine rings is 1. The molecule has 2 heterocycles. The van der Waals surface area contributed by atoms with Gasteiger partial charge in [-0.25, -0.2) is 0 Å². The van der Waals surface area contributed by atoms with Crippen LogP contribution in [-0.2, 0) is 12.5 Å². The number of aryl methyl sites for hydroxylation is 1. The van der Waals surface area contributed by atoms with Crippen LogP contribution in [0.5, 0.6) is 0 Å². The molecular formula is C13H17N3. The summed E-state index contributed by atoms with van der Waals surface area (Å²) in [5.41, 5.74) is 3.18. The average molecular weight is 215 g/mol. The molecule has 0 fully saturated rings. The molecule has 0 N–H and O–H groups in total. The summed E-state index contributed by atoms with van der Waals surface area (Å²) < 4.78 is 1.93. The third-order valence-electron chi connectivity index (χ3n) is 2.58. The van der Waals surface area contributed by atoms with E-state index in [1.54, 1.807) is 6.20 Å². The van der Waals surface area contributed by atoms with E-state index in [2.05, 4.69) is 36.9 Å². The fourth-order valence-electron chi connectivity index (χ4n) is 1.81. The molecule has 0 unspecified atom stereocenters. The van der Waals surface area contributed by atoms with Crippen LogP contribution in [0.4, 0.5) is 0 Å². The van der Waals surface area contributed by atoms with Crippen LogP contribution >= 0.6 is 0 Å². The van der Waals surface area contributed by atoms with Crippen molar-refractivity contribution in [1.29, 1.82) is 0 Å². The second-order valence-electron chi connectivity index (χ2n) is 5.00. The van der Waals surface area contributed by atoms with Crippen molar-refractivity contribution >= 4 is 0 Å². The summed E-state index contributed by atoms with van der Waals surface area (Å²) in [7, 11) is 1.98. The minimum Gasteiger partial charge on any atom is -0.271 e. The molecule has 0 spiro atoms. The lowest BCUT2D eigenvalue weighted by molar-refractivity contribution is 0.523. The summed E-state index contributed by atoms with van der Waals surface area (Å²) in [6.45, 7) is 6.56. The third-order valence-corrected chi connectivity index (χ3v) is 2.58. The molecule has 2 rings (SSSR count). The first kappa shape index (κ1) is 10.9. The number of hydrogen-bond donors (Lipinski definition) is 0. The highest BCUT2D eigenvalue weighted by molar-refractivity contribution is 5.54. The van der Waals surface area contributed by atoms with Gasteiger partial charge in [0.05, 0.1) is 5.69 Å². The van der Waals surface area contributed by atoms with Crippen molar-refractivity contribution < 1.29 is 0 Å². The van der Waals surface area contributed by atoms with E-state index in [0.717, 1.165) is 11.4 Å². The highest BCUT2D eigenvalue weighted by Gasteiger charge is 2.19. The maximum Gasteiger partial charge on any atom is 0.111 e. The van der Waals surface area contributed by atoms with E-state index in [-0.39, 0.29) is 5.41 Å². The topological polar surface area (TPSA) is 30.7 Å². The van der Waals surface area contributed by atoms with Gasteiger partial charge in [-0.05, 0) is 18.2 Å². The molecule has 0 aromatic carbocycles. The lowest BCUT2D eigenvalue weighted by atomic mass is 9.92. The van der Waals surface area contributed by atoms with Crippen molar-refractivity contribution in [3.8, 4) is 11.4 Å². The summed E-state index contributed by atoms with van der Waals surface area (Å²) in [6.07, 6.45) is 1.79. The van der Waals surface area contributed by atoms with Crippen molar-refractivity contribution in [3.63, 3.8) is 0 Å². The molecule has 0 aliphatic heterocycles. The average Bonchev–Trinajstić information content (AvgIpc) is 2.61. The van der Waals surface area contributed by atoms with Crippen molar-refractivity contribution in [3.05, 3.63) is 36.2 Å². The normalized spacial score (nSPS) is 11.8. The minimum atomic E-state index is 0.106. The van der Waals surface area contributed by atoms with Crippen LogP contribution < -0.4 is 0 Å². The molecule has 0 saturated heterocycles. The highest BCUT2D eigenvalue weighted by atomic mass is 15.3. The third kappa shape index (κ3) is 1.98. The standard InChI is InChI=1S/C13H17N3/c1-13(2,3)12-9-11(15-16(12)4)10-7-5-6-8-14-10/h5-9H,1-4H3. The maximum atomic E-state index is 4.50. The molecule has 16 heavy (non-hydrogen) atoms. The zero-order chi connectivity index (χ0) is 11.8. The first-order valence-electron chi connectivity index (χ1n) is 5.44. The molecule has 3 nitrogen and oxygen atoms in total. The smallest absolute Gasteiger partial charge is 0.111 e. The van der Waals surface area contributed by atoms with Gasteiger partial charge in [-0.15, -0.1) is 0 Å². The Balaban J connectivity index is 2.47. The maximum absolute atomic E-state index is 4.50. The van der Waals surface area contributed by atoms with E-state index in [4.69, 9.17) is 0 Å². The van der Waals surface area contributed by atoms with E-state index in [1.165, 1.54) is 5.69 Å². The van der Waals surface area contributed by atoms with Crippen molar-refractivity contribution in [2.45, 2.75) is 26.2 Å². The molecule has 0 aliphatic carbocycles.